The van der Waals surface area contributed by atoms with Gasteiger partial charge in [-0.1, -0.05) is 44.2 Å². The van der Waals surface area contributed by atoms with E-state index in [0.717, 1.165) is 50.9 Å². The van der Waals surface area contributed by atoms with Gasteiger partial charge in [-0.2, -0.15) is 5.10 Å². The number of anilines is 1. The molecule has 0 unspecified atom stereocenters. The van der Waals surface area contributed by atoms with Crippen LogP contribution in [0.25, 0.3) is 27.3 Å². The van der Waals surface area contributed by atoms with E-state index in [9.17, 15) is 4.79 Å². The highest BCUT2D eigenvalue weighted by Gasteiger charge is 2.19. The van der Waals surface area contributed by atoms with Crippen molar-refractivity contribution < 1.29 is 9.53 Å². The topological polar surface area (TPSA) is 86.3 Å². The molecule has 1 aliphatic rings. The molecule has 8 heteroatoms. The van der Waals surface area contributed by atoms with Crippen LogP contribution in [0.15, 0.2) is 54.7 Å². The zero-order valence-electron chi connectivity index (χ0n) is 18.3. The first kappa shape index (κ1) is 22.0. The number of benzene rings is 1. The molecule has 0 aliphatic carbocycles. The van der Waals surface area contributed by atoms with E-state index >= 15 is 0 Å². The normalized spacial score (nSPS) is 13.6. The number of aromatic nitrogens is 3. The van der Waals surface area contributed by atoms with Crippen LogP contribution < -0.4 is 10.6 Å². The molecule has 1 amide bonds. The Labute approximate surface area is 191 Å². The number of thiophene rings is 1. The summed E-state index contributed by atoms with van der Waals surface area (Å²) < 4.78 is 8.39. The summed E-state index contributed by atoms with van der Waals surface area (Å²) in [4.78, 5) is 19.5. The van der Waals surface area contributed by atoms with Crippen LogP contribution in [0.4, 0.5) is 5.69 Å². The Morgan fingerprint density at radius 1 is 1.12 bits per heavy atom. The van der Waals surface area contributed by atoms with E-state index in [4.69, 9.17) is 20.6 Å². The van der Waals surface area contributed by atoms with Gasteiger partial charge in [0.2, 0.25) is 5.91 Å². The third-order valence-corrected chi connectivity index (χ3v) is 6.24. The minimum atomic E-state index is -0.339. The number of rotatable bonds is 5. The second-order valence-electron chi connectivity index (χ2n) is 7.18. The summed E-state index contributed by atoms with van der Waals surface area (Å²) in [6.07, 6.45) is 2.15. The first-order valence-electron chi connectivity index (χ1n) is 10.8. The lowest BCUT2D eigenvalue weighted by Crippen LogP contribution is -2.36. The Morgan fingerprint density at radius 2 is 1.88 bits per heavy atom. The molecule has 2 N–H and O–H groups in total. The number of morpholine rings is 1. The Bertz CT molecular complexity index is 1200. The maximum absolute atomic E-state index is 11.4. The molecule has 5 rings (SSSR count). The van der Waals surface area contributed by atoms with Crippen LogP contribution in [0.5, 0.6) is 0 Å². The number of pyridine rings is 1. The van der Waals surface area contributed by atoms with Gasteiger partial charge < -0.3 is 15.4 Å². The van der Waals surface area contributed by atoms with E-state index in [2.05, 4.69) is 11.0 Å². The van der Waals surface area contributed by atoms with Crippen molar-refractivity contribution in [3.05, 3.63) is 59.6 Å². The Morgan fingerprint density at radius 3 is 2.59 bits per heavy atom. The SMILES string of the molecule is CC.NC(=O)Cc1cc2nc(-n3ccc(-c4ccccc4)n3)cc(N3CCOCC3)c2s1. The summed E-state index contributed by atoms with van der Waals surface area (Å²) in [7, 11) is 0. The molecular formula is C24H27N5O2S. The number of hydrogen-bond donors (Lipinski definition) is 1. The average molecular weight is 450 g/mol. The van der Waals surface area contributed by atoms with E-state index in [1.165, 1.54) is 0 Å². The molecular weight excluding hydrogens is 422 g/mol. The monoisotopic (exact) mass is 449 g/mol. The fourth-order valence-corrected chi connectivity index (χ4v) is 4.82. The number of carbonyl (C=O) groups is 1. The van der Waals surface area contributed by atoms with Crippen LogP contribution >= 0.6 is 11.3 Å². The molecule has 0 saturated carbocycles. The van der Waals surface area contributed by atoms with Gasteiger partial charge in [-0.25, -0.2) is 9.67 Å². The Hall–Kier alpha value is -3.23. The summed E-state index contributed by atoms with van der Waals surface area (Å²) in [6, 6.07) is 16.1. The van der Waals surface area contributed by atoms with Crippen molar-refractivity contribution >= 4 is 33.1 Å². The van der Waals surface area contributed by atoms with E-state index in [-0.39, 0.29) is 12.3 Å². The van der Waals surface area contributed by atoms with Gasteiger partial charge >= 0.3 is 0 Å². The maximum Gasteiger partial charge on any atom is 0.222 e. The molecule has 1 aliphatic heterocycles. The Kier molecular flexibility index (Phi) is 6.82. The molecule has 0 radical (unpaired) electrons. The molecule has 1 saturated heterocycles. The van der Waals surface area contributed by atoms with E-state index in [0.29, 0.717) is 13.2 Å². The lowest BCUT2D eigenvalue weighted by atomic mass is 10.2. The minimum Gasteiger partial charge on any atom is -0.378 e. The van der Waals surface area contributed by atoms with Crippen LogP contribution in [-0.2, 0) is 16.0 Å². The molecule has 0 atom stereocenters. The lowest BCUT2D eigenvalue weighted by molar-refractivity contribution is -0.117. The number of fused-ring (bicyclic) bond motifs is 1. The average Bonchev–Trinajstić information content (AvgIpc) is 3.47. The number of primary amides is 1. The van der Waals surface area contributed by atoms with Gasteiger partial charge in [-0.05, 0) is 12.1 Å². The first-order chi connectivity index (χ1) is 15.7. The molecule has 166 valence electrons. The standard InChI is InChI=1S/C22H21N5O2S.C2H6/c23-20(28)13-16-12-18-22(30-16)19(26-8-10-29-11-9-26)14-21(24-18)27-7-6-17(25-27)15-4-2-1-3-5-15;1-2/h1-7,12,14H,8-11,13H2,(H2,23,28);1-2H3. The van der Waals surface area contributed by atoms with Gasteiger partial charge in [0.1, 0.15) is 0 Å². The van der Waals surface area contributed by atoms with E-state index in [1.807, 2.05) is 62.5 Å². The molecule has 3 aromatic heterocycles. The largest absolute Gasteiger partial charge is 0.378 e. The summed E-state index contributed by atoms with van der Waals surface area (Å²) >= 11 is 1.58. The van der Waals surface area contributed by atoms with E-state index < -0.39 is 0 Å². The van der Waals surface area contributed by atoms with Gasteiger partial charge in [0.15, 0.2) is 5.82 Å². The van der Waals surface area contributed by atoms with Crippen LogP contribution in [0, 0.1) is 0 Å². The van der Waals surface area contributed by atoms with Gasteiger partial charge in [0.05, 0.1) is 41.2 Å². The van der Waals surface area contributed by atoms with Gasteiger partial charge in [-0.15, -0.1) is 11.3 Å². The van der Waals surface area contributed by atoms with Crippen molar-refractivity contribution in [2.45, 2.75) is 20.3 Å². The molecule has 1 aromatic carbocycles. The zero-order chi connectivity index (χ0) is 22.5. The molecule has 0 bridgehead atoms. The minimum absolute atomic E-state index is 0.221. The maximum atomic E-state index is 11.4. The highest BCUT2D eigenvalue weighted by Crippen LogP contribution is 2.35. The van der Waals surface area contributed by atoms with Crippen molar-refractivity contribution in [3.8, 4) is 17.1 Å². The third kappa shape index (κ3) is 4.66. The van der Waals surface area contributed by atoms with Crippen LogP contribution in [0.1, 0.15) is 18.7 Å². The van der Waals surface area contributed by atoms with Crippen molar-refractivity contribution in [2.24, 2.45) is 5.73 Å². The number of carbonyl (C=O) groups excluding carboxylic acids is 1. The quantitative estimate of drug-likeness (QED) is 0.497. The molecule has 4 heterocycles. The van der Waals surface area contributed by atoms with Crippen LogP contribution in [0.2, 0.25) is 0 Å². The number of nitrogens with zero attached hydrogens (tertiary/aromatic N) is 4. The Balaban J connectivity index is 0.00000119. The fraction of sp³-hybridized carbons (Fsp3) is 0.292. The van der Waals surface area contributed by atoms with Crippen LogP contribution in [0.3, 0.4) is 0 Å². The van der Waals surface area contributed by atoms with Gasteiger partial charge in [0, 0.05) is 35.8 Å². The number of nitrogens with two attached hydrogens (primary N) is 1. The highest BCUT2D eigenvalue weighted by atomic mass is 32.1. The summed E-state index contributed by atoms with van der Waals surface area (Å²) in [6.45, 7) is 7.02. The summed E-state index contributed by atoms with van der Waals surface area (Å²) in [5.41, 5.74) is 9.31. The third-order valence-electron chi connectivity index (χ3n) is 5.09. The predicted molar refractivity (Wildman–Crippen MR) is 129 cm³/mol. The van der Waals surface area contributed by atoms with Crippen molar-refractivity contribution in [3.63, 3.8) is 0 Å². The summed E-state index contributed by atoms with van der Waals surface area (Å²) in [5.74, 6) is 0.406. The van der Waals surface area contributed by atoms with Crippen molar-refractivity contribution in [2.75, 3.05) is 31.2 Å². The summed E-state index contributed by atoms with van der Waals surface area (Å²) in [5, 5.41) is 4.74. The lowest BCUT2D eigenvalue weighted by Gasteiger charge is -2.29. The second-order valence-corrected chi connectivity index (χ2v) is 8.32. The number of ether oxygens (including phenoxy) is 1. The molecule has 1 fully saturated rings. The second kappa shape index (κ2) is 9.93. The zero-order valence-corrected chi connectivity index (χ0v) is 19.1. The van der Waals surface area contributed by atoms with Crippen LogP contribution in [-0.4, -0.2) is 47.0 Å². The highest BCUT2D eigenvalue weighted by molar-refractivity contribution is 7.19. The van der Waals surface area contributed by atoms with Crippen molar-refractivity contribution in [1.29, 1.82) is 0 Å². The number of hydrogen-bond acceptors (Lipinski definition) is 6. The van der Waals surface area contributed by atoms with Gasteiger partial charge in [0.25, 0.3) is 0 Å². The predicted octanol–water partition coefficient (Wildman–Crippen LogP) is 4.04. The molecule has 32 heavy (non-hydrogen) atoms. The molecule has 0 spiro atoms. The fourth-order valence-electron chi connectivity index (χ4n) is 3.67. The first-order valence-corrected chi connectivity index (χ1v) is 11.6. The smallest absolute Gasteiger partial charge is 0.222 e. The molecule has 4 aromatic rings. The number of amides is 1. The van der Waals surface area contributed by atoms with Gasteiger partial charge in [-0.3, -0.25) is 4.79 Å². The molecule has 7 nitrogen and oxygen atoms in total. The van der Waals surface area contributed by atoms with Crippen molar-refractivity contribution in [1.82, 2.24) is 14.8 Å². The van der Waals surface area contributed by atoms with E-state index in [1.54, 1.807) is 16.0 Å².